The van der Waals surface area contributed by atoms with E-state index in [-0.39, 0.29) is 0 Å². The molecule has 1 rings (SSSR count). The summed E-state index contributed by atoms with van der Waals surface area (Å²) in [5.41, 5.74) is 0. The highest BCUT2D eigenvalue weighted by Gasteiger charge is 2.22. The van der Waals surface area contributed by atoms with Crippen LogP contribution in [-0.2, 0) is 0 Å². The molecule has 2 atom stereocenters. The van der Waals surface area contributed by atoms with Crippen molar-refractivity contribution in [2.45, 2.75) is 81.1 Å². The molecule has 0 nitrogen and oxygen atoms in total. The smallest absolute Gasteiger partial charge is 0.0391 e. The molecule has 1 aliphatic carbocycles. The summed E-state index contributed by atoms with van der Waals surface area (Å²) >= 11 is 0. The molecular formula is C16H36. The second-order valence-electron chi connectivity index (χ2n) is 5.07. The van der Waals surface area contributed by atoms with Gasteiger partial charge < -0.3 is 0 Å². The Balaban J connectivity index is 0. The topological polar surface area (TPSA) is 0 Å². The van der Waals surface area contributed by atoms with Crippen molar-refractivity contribution in [2.24, 2.45) is 23.7 Å². The normalized spacial score (nSPS) is 34.5. The average Bonchev–Trinajstić information content (AvgIpc) is 2.35. The van der Waals surface area contributed by atoms with Gasteiger partial charge in [-0.2, -0.15) is 0 Å². The third-order valence-electron chi connectivity index (χ3n) is 4.02. The molecule has 0 spiro atoms. The van der Waals surface area contributed by atoms with Gasteiger partial charge in [0.1, 0.15) is 0 Å². The molecular weight excluding hydrogens is 192 g/mol. The first kappa shape index (κ1) is 18.4. The highest BCUT2D eigenvalue weighted by molar-refractivity contribution is 4.73. The predicted molar refractivity (Wildman–Crippen MR) is 77.8 cm³/mol. The lowest BCUT2D eigenvalue weighted by atomic mass is 9.75. The molecule has 1 aliphatic rings. The van der Waals surface area contributed by atoms with Crippen LogP contribution < -0.4 is 0 Å². The maximum atomic E-state index is 2.44. The van der Waals surface area contributed by atoms with E-state index in [4.69, 9.17) is 0 Å². The van der Waals surface area contributed by atoms with Crippen molar-refractivity contribution in [1.82, 2.24) is 0 Å². The first-order valence-electron chi connectivity index (χ1n) is 7.61. The lowest BCUT2D eigenvalue weighted by Gasteiger charge is -2.30. The van der Waals surface area contributed by atoms with Crippen molar-refractivity contribution >= 4 is 0 Å². The number of hydrogen-bond acceptors (Lipinski definition) is 0. The Labute approximate surface area is 105 Å². The van der Waals surface area contributed by atoms with Crippen LogP contribution in [0.1, 0.15) is 81.1 Å². The van der Waals surface area contributed by atoms with Crippen molar-refractivity contribution < 1.29 is 0 Å². The van der Waals surface area contributed by atoms with Crippen molar-refractivity contribution in [3.05, 3.63) is 0 Å². The fourth-order valence-electron chi connectivity index (χ4n) is 2.33. The Morgan fingerprint density at radius 3 is 1.19 bits per heavy atom. The van der Waals surface area contributed by atoms with Crippen LogP contribution in [0.5, 0.6) is 0 Å². The zero-order valence-electron chi connectivity index (χ0n) is 13.1. The van der Waals surface area contributed by atoms with Gasteiger partial charge >= 0.3 is 0 Å². The van der Waals surface area contributed by atoms with Crippen LogP contribution in [0.3, 0.4) is 0 Å². The molecule has 0 aliphatic heterocycles. The minimum absolute atomic E-state index is 0.942. The summed E-state index contributed by atoms with van der Waals surface area (Å²) in [6.07, 6.45) is 5.82. The first-order chi connectivity index (χ1) is 7.61. The minimum Gasteiger partial charge on any atom is -0.0683 e. The summed E-state index contributed by atoms with van der Waals surface area (Å²) in [7, 11) is 0. The van der Waals surface area contributed by atoms with Crippen LogP contribution in [0.4, 0.5) is 0 Å². The van der Waals surface area contributed by atoms with Gasteiger partial charge in [-0.1, -0.05) is 81.1 Å². The summed E-state index contributed by atoms with van der Waals surface area (Å²) in [5.74, 6) is 3.81. The molecule has 1 saturated carbocycles. The second kappa shape index (κ2) is 11.5. The van der Waals surface area contributed by atoms with E-state index in [1.165, 1.54) is 25.7 Å². The molecule has 0 aromatic carbocycles. The minimum atomic E-state index is 0.942. The van der Waals surface area contributed by atoms with Gasteiger partial charge in [0, 0.05) is 0 Å². The van der Waals surface area contributed by atoms with Gasteiger partial charge in [-0.25, -0.2) is 0 Å². The van der Waals surface area contributed by atoms with Gasteiger partial charge in [0.15, 0.2) is 0 Å². The van der Waals surface area contributed by atoms with Crippen LogP contribution in [0, 0.1) is 23.7 Å². The van der Waals surface area contributed by atoms with Crippen LogP contribution >= 0.6 is 0 Å². The third kappa shape index (κ3) is 7.30. The number of rotatable bonds is 0. The summed E-state index contributed by atoms with van der Waals surface area (Å²) in [5, 5.41) is 0. The van der Waals surface area contributed by atoms with Gasteiger partial charge in [-0.3, -0.25) is 0 Å². The van der Waals surface area contributed by atoms with Gasteiger partial charge in [-0.05, 0) is 23.7 Å². The van der Waals surface area contributed by atoms with E-state index in [1.54, 1.807) is 0 Å². The molecule has 0 heteroatoms. The van der Waals surface area contributed by atoms with E-state index in [9.17, 15) is 0 Å². The Kier molecular flexibility index (Phi) is 13.2. The SMILES string of the molecule is CC.CC.CC1CCC(C)C(C)C(C)CC1. The van der Waals surface area contributed by atoms with E-state index in [0.29, 0.717) is 0 Å². The summed E-state index contributed by atoms with van der Waals surface area (Å²) in [6.45, 7) is 17.7. The third-order valence-corrected chi connectivity index (χ3v) is 4.02. The van der Waals surface area contributed by atoms with Crippen LogP contribution in [0.2, 0.25) is 0 Å². The highest BCUT2D eigenvalue weighted by atomic mass is 14.3. The van der Waals surface area contributed by atoms with E-state index in [1.807, 2.05) is 27.7 Å². The molecule has 0 saturated heterocycles. The summed E-state index contributed by atoms with van der Waals surface area (Å²) in [6, 6.07) is 0. The molecule has 0 heterocycles. The lowest BCUT2D eigenvalue weighted by molar-refractivity contribution is 0.202. The maximum Gasteiger partial charge on any atom is -0.0391 e. The van der Waals surface area contributed by atoms with Gasteiger partial charge in [0.05, 0.1) is 0 Å². The van der Waals surface area contributed by atoms with Crippen molar-refractivity contribution in [1.29, 1.82) is 0 Å². The first-order valence-corrected chi connectivity index (χ1v) is 7.61. The zero-order chi connectivity index (χ0) is 13.1. The molecule has 0 aromatic rings. The van der Waals surface area contributed by atoms with Crippen molar-refractivity contribution in [3.8, 4) is 0 Å². The molecule has 0 N–H and O–H groups in total. The molecule has 100 valence electrons. The van der Waals surface area contributed by atoms with Gasteiger partial charge in [0.2, 0.25) is 0 Å². The molecule has 16 heavy (non-hydrogen) atoms. The Morgan fingerprint density at radius 2 is 0.875 bits per heavy atom. The summed E-state index contributed by atoms with van der Waals surface area (Å²) in [4.78, 5) is 0. The van der Waals surface area contributed by atoms with Crippen molar-refractivity contribution in [2.75, 3.05) is 0 Å². The number of hydrogen-bond donors (Lipinski definition) is 0. The predicted octanol–water partition coefficient (Wildman–Crippen LogP) is 6.16. The molecule has 1 fully saturated rings. The maximum absolute atomic E-state index is 2.44. The Hall–Kier alpha value is 0. The van der Waals surface area contributed by atoms with E-state index in [0.717, 1.165) is 23.7 Å². The highest BCUT2D eigenvalue weighted by Crippen LogP contribution is 2.33. The van der Waals surface area contributed by atoms with Crippen LogP contribution in [0.15, 0.2) is 0 Å². The van der Waals surface area contributed by atoms with Gasteiger partial charge in [0.25, 0.3) is 0 Å². The average molecular weight is 228 g/mol. The summed E-state index contributed by atoms with van der Waals surface area (Å²) < 4.78 is 0. The monoisotopic (exact) mass is 228 g/mol. The standard InChI is InChI=1S/C12H24.2C2H6/c1-9-5-7-10(2)12(4)11(3)8-6-9;2*1-2/h9-12H,5-8H2,1-4H3;2*1-2H3. The fraction of sp³-hybridized carbons (Fsp3) is 1.00. The molecule has 2 unspecified atom stereocenters. The lowest BCUT2D eigenvalue weighted by Crippen LogP contribution is -2.20. The fourth-order valence-corrected chi connectivity index (χ4v) is 2.33. The zero-order valence-corrected chi connectivity index (χ0v) is 13.1. The van der Waals surface area contributed by atoms with Gasteiger partial charge in [-0.15, -0.1) is 0 Å². The second-order valence-corrected chi connectivity index (χ2v) is 5.07. The van der Waals surface area contributed by atoms with E-state index >= 15 is 0 Å². The van der Waals surface area contributed by atoms with Crippen LogP contribution in [-0.4, -0.2) is 0 Å². The van der Waals surface area contributed by atoms with E-state index < -0.39 is 0 Å². The van der Waals surface area contributed by atoms with Crippen LogP contribution in [0.25, 0.3) is 0 Å². The quantitative estimate of drug-likeness (QED) is 0.466. The molecule has 0 amide bonds. The molecule has 0 aromatic heterocycles. The molecule has 0 bridgehead atoms. The molecule has 0 radical (unpaired) electrons. The van der Waals surface area contributed by atoms with Crippen molar-refractivity contribution in [3.63, 3.8) is 0 Å². The Morgan fingerprint density at radius 1 is 0.562 bits per heavy atom. The van der Waals surface area contributed by atoms with E-state index in [2.05, 4.69) is 27.7 Å². The largest absolute Gasteiger partial charge is 0.0683 e. The Bertz CT molecular complexity index is 114.